The number of rotatable bonds is 8. The summed E-state index contributed by atoms with van der Waals surface area (Å²) in [5.41, 5.74) is 1.92. The van der Waals surface area contributed by atoms with Gasteiger partial charge in [0.15, 0.2) is 5.11 Å². The molecule has 0 saturated heterocycles. The molecule has 9 heteroatoms. The van der Waals surface area contributed by atoms with Gasteiger partial charge in [-0.3, -0.25) is 14.9 Å². The fourth-order valence-electron chi connectivity index (χ4n) is 2.97. The average molecular weight is 561 g/mol. The molecule has 0 aliphatic carbocycles. The highest BCUT2D eigenvalue weighted by molar-refractivity contribution is 9.10. The van der Waals surface area contributed by atoms with Crippen LogP contribution in [0.3, 0.4) is 0 Å². The maximum Gasteiger partial charge on any atom is 0.261 e. The maximum absolute atomic E-state index is 12.8. The normalized spacial score (nSPS) is 10.3. The number of nitrogens with one attached hydrogen (secondary N) is 3. The molecule has 0 fully saturated rings. The van der Waals surface area contributed by atoms with Crippen LogP contribution in [0.25, 0.3) is 0 Å². The Morgan fingerprint density at radius 1 is 0.971 bits per heavy atom. The number of carbonyl (C=O) groups is 2. The van der Waals surface area contributed by atoms with Crippen LogP contribution in [0.4, 0.5) is 11.4 Å². The molecule has 0 atom stereocenters. The number of amides is 2. The Morgan fingerprint density at radius 2 is 1.71 bits per heavy atom. The molecule has 3 aromatic carbocycles. The Morgan fingerprint density at radius 3 is 2.44 bits per heavy atom. The predicted molar refractivity (Wildman–Crippen MR) is 144 cm³/mol. The highest BCUT2D eigenvalue weighted by Gasteiger charge is 2.15. The Kier molecular flexibility index (Phi) is 9.44. The van der Waals surface area contributed by atoms with Crippen LogP contribution in [0.2, 0.25) is 5.02 Å². The lowest BCUT2D eigenvalue weighted by Crippen LogP contribution is -2.34. The van der Waals surface area contributed by atoms with Crippen LogP contribution in [0, 0.1) is 0 Å². The number of benzene rings is 3. The summed E-state index contributed by atoms with van der Waals surface area (Å²) >= 11 is 14.7. The molecule has 0 saturated carbocycles. The Hall–Kier alpha value is -2.94. The molecule has 3 N–H and O–H groups in total. The summed E-state index contributed by atoms with van der Waals surface area (Å²) in [4.78, 5) is 25.4. The van der Waals surface area contributed by atoms with E-state index in [-0.39, 0.29) is 11.0 Å². The lowest BCUT2D eigenvalue weighted by atomic mass is 10.1. The van der Waals surface area contributed by atoms with Crippen molar-refractivity contribution in [1.82, 2.24) is 5.32 Å². The summed E-state index contributed by atoms with van der Waals surface area (Å²) < 4.78 is 6.50. The van der Waals surface area contributed by atoms with E-state index in [1.54, 1.807) is 60.7 Å². The SMILES string of the molecule is CCCCOc1ccc(Br)cc1C(=O)NC(=S)Nc1cccc(C(=O)Nc2cccc(Cl)c2)c1. The minimum absolute atomic E-state index is 0.0943. The standard InChI is InChI=1S/C25H23BrClN3O3S/c1-2-3-12-33-22-11-10-17(26)14-21(22)24(32)30-25(34)29-19-8-4-6-16(13-19)23(31)28-20-9-5-7-18(27)15-20/h4-11,13-15H,2-3,12H2,1H3,(H,28,31)(H2,29,30,32,34). The number of halogens is 2. The van der Waals surface area contributed by atoms with Crippen LogP contribution < -0.4 is 20.7 Å². The number of anilines is 2. The number of unbranched alkanes of at least 4 members (excludes halogenated alkanes) is 1. The number of ether oxygens (including phenoxy) is 1. The second-order valence-electron chi connectivity index (χ2n) is 7.30. The van der Waals surface area contributed by atoms with Gasteiger partial charge < -0.3 is 15.4 Å². The largest absolute Gasteiger partial charge is 0.493 e. The number of hydrogen-bond donors (Lipinski definition) is 3. The zero-order chi connectivity index (χ0) is 24.5. The van der Waals surface area contributed by atoms with E-state index in [9.17, 15) is 9.59 Å². The summed E-state index contributed by atoms with van der Waals surface area (Å²) in [7, 11) is 0. The first-order chi connectivity index (χ1) is 16.4. The third-order valence-electron chi connectivity index (χ3n) is 4.63. The highest BCUT2D eigenvalue weighted by Crippen LogP contribution is 2.24. The molecule has 6 nitrogen and oxygen atoms in total. The molecule has 3 rings (SSSR count). The highest BCUT2D eigenvalue weighted by atomic mass is 79.9. The van der Waals surface area contributed by atoms with Crippen molar-refractivity contribution in [2.45, 2.75) is 19.8 Å². The van der Waals surface area contributed by atoms with Crippen molar-refractivity contribution in [3.63, 3.8) is 0 Å². The van der Waals surface area contributed by atoms with Crippen LogP contribution in [-0.4, -0.2) is 23.5 Å². The van der Waals surface area contributed by atoms with Crippen molar-refractivity contribution < 1.29 is 14.3 Å². The van der Waals surface area contributed by atoms with E-state index in [1.807, 2.05) is 6.07 Å². The first-order valence-electron chi connectivity index (χ1n) is 10.6. The zero-order valence-electron chi connectivity index (χ0n) is 18.4. The Bertz CT molecular complexity index is 1210. The average Bonchev–Trinajstić information content (AvgIpc) is 2.80. The van der Waals surface area contributed by atoms with Gasteiger partial charge in [-0.1, -0.05) is 53.0 Å². The van der Waals surface area contributed by atoms with Gasteiger partial charge in [0, 0.05) is 26.4 Å². The molecule has 0 unspecified atom stereocenters. The molecule has 0 radical (unpaired) electrons. The number of thiocarbonyl (C=S) groups is 1. The second-order valence-corrected chi connectivity index (χ2v) is 9.06. The molecule has 34 heavy (non-hydrogen) atoms. The van der Waals surface area contributed by atoms with Crippen LogP contribution in [0.1, 0.15) is 40.5 Å². The molecule has 3 aromatic rings. The third-order valence-corrected chi connectivity index (χ3v) is 5.57. The smallest absolute Gasteiger partial charge is 0.261 e. The van der Waals surface area contributed by atoms with Gasteiger partial charge in [-0.2, -0.15) is 0 Å². The van der Waals surface area contributed by atoms with Crippen LogP contribution in [0.5, 0.6) is 5.75 Å². The summed E-state index contributed by atoms with van der Waals surface area (Å²) in [6.07, 6.45) is 1.88. The van der Waals surface area contributed by atoms with Crippen molar-refractivity contribution >= 4 is 68.1 Å². The third kappa shape index (κ3) is 7.55. The fraction of sp³-hybridized carbons (Fsp3) is 0.160. The van der Waals surface area contributed by atoms with Gasteiger partial charge >= 0.3 is 0 Å². The topological polar surface area (TPSA) is 79.5 Å². The summed E-state index contributed by atoms with van der Waals surface area (Å²) in [5, 5.41) is 9.02. The van der Waals surface area contributed by atoms with E-state index in [2.05, 4.69) is 38.8 Å². The molecule has 0 aliphatic rings. The Labute approximate surface area is 217 Å². The van der Waals surface area contributed by atoms with Crippen molar-refractivity contribution in [2.24, 2.45) is 0 Å². The molecular formula is C25H23BrClN3O3S. The van der Waals surface area contributed by atoms with Gasteiger partial charge in [0.1, 0.15) is 5.75 Å². The lowest BCUT2D eigenvalue weighted by Gasteiger charge is -2.14. The summed E-state index contributed by atoms with van der Waals surface area (Å²) in [5.74, 6) is -0.222. The molecule has 0 aliphatic heterocycles. The minimum Gasteiger partial charge on any atom is -0.493 e. The lowest BCUT2D eigenvalue weighted by molar-refractivity contribution is 0.0972. The van der Waals surface area contributed by atoms with Gasteiger partial charge in [-0.05, 0) is 73.2 Å². The van der Waals surface area contributed by atoms with Crippen LogP contribution in [-0.2, 0) is 0 Å². The van der Waals surface area contributed by atoms with Crippen LogP contribution in [0.15, 0.2) is 71.2 Å². The molecule has 0 heterocycles. The van der Waals surface area contributed by atoms with Crippen LogP contribution >= 0.6 is 39.7 Å². The maximum atomic E-state index is 12.8. The van der Waals surface area contributed by atoms with E-state index in [4.69, 9.17) is 28.6 Å². The van der Waals surface area contributed by atoms with Crippen molar-refractivity contribution in [3.8, 4) is 5.75 Å². The van der Waals surface area contributed by atoms with E-state index in [1.165, 1.54) is 0 Å². The molecule has 0 aromatic heterocycles. The van der Waals surface area contributed by atoms with E-state index in [0.717, 1.165) is 17.3 Å². The van der Waals surface area contributed by atoms with Crippen molar-refractivity contribution in [1.29, 1.82) is 0 Å². The zero-order valence-corrected chi connectivity index (χ0v) is 21.5. The molecule has 0 spiro atoms. The van der Waals surface area contributed by atoms with E-state index < -0.39 is 5.91 Å². The molecule has 176 valence electrons. The molecular weight excluding hydrogens is 538 g/mol. The quantitative estimate of drug-likeness (QED) is 0.212. The van der Waals surface area contributed by atoms with Gasteiger partial charge in [0.25, 0.3) is 11.8 Å². The van der Waals surface area contributed by atoms with Gasteiger partial charge in [-0.15, -0.1) is 0 Å². The van der Waals surface area contributed by atoms with E-state index in [0.29, 0.717) is 39.9 Å². The monoisotopic (exact) mass is 559 g/mol. The predicted octanol–water partition coefficient (Wildman–Crippen LogP) is 6.66. The second kappa shape index (κ2) is 12.5. The molecule has 0 bridgehead atoms. The first kappa shape index (κ1) is 25.7. The summed E-state index contributed by atoms with van der Waals surface area (Å²) in [6, 6.07) is 18.9. The first-order valence-corrected chi connectivity index (χ1v) is 12.2. The number of hydrogen-bond acceptors (Lipinski definition) is 4. The van der Waals surface area contributed by atoms with Gasteiger partial charge in [-0.25, -0.2) is 0 Å². The molecule has 2 amide bonds. The fourth-order valence-corrected chi connectivity index (χ4v) is 3.73. The van der Waals surface area contributed by atoms with Crippen molar-refractivity contribution in [3.05, 3.63) is 87.4 Å². The van der Waals surface area contributed by atoms with Gasteiger partial charge in [0.05, 0.1) is 12.2 Å². The van der Waals surface area contributed by atoms with E-state index >= 15 is 0 Å². The Balaban J connectivity index is 1.65. The van der Waals surface area contributed by atoms with Crippen molar-refractivity contribution in [2.75, 3.05) is 17.2 Å². The number of carbonyl (C=O) groups excluding carboxylic acids is 2. The van der Waals surface area contributed by atoms with Gasteiger partial charge in [0.2, 0.25) is 0 Å². The minimum atomic E-state index is -0.403. The summed E-state index contributed by atoms with van der Waals surface area (Å²) in [6.45, 7) is 2.59.